The Hall–Kier alpha value is -1.75. The van der Waals surface area contributed by atoms with Gasteiger partial charge < -0.3 is 19.9 Å². The molecule has 1 aromatic rings. The standard InChI is InChI=1S/C13H17NO4/c1-16-12-5-4-9(7-11(12)14)13(15)18-8-10-3-2-6-17-10/h4-5,7,10H,2-3,6,8,14H2,1H3. The van der Waals surface area contributed by atoms with Gasteiger partial charge in [-0.3, -0.25) is 0 Å². The molecule has 18 heavy (non-hydrogen) atoms. The van der Waals surface area contributed by atoms with Crippen molar-refractivity contribution in [2.24, 2.45) is 0 Å². The predicted molar refractivity (Wildman–Crippen MR) is 66.7 cm³/mol. The number of benzene rings is 1. The van der Waals surface area contributed by atoms with Crippen LogP contribution in [0.15, 0.2) is 18.2 Å². The Morgan fingerprint density at radius 2 is 2.39 bits per heavy atom. The smallest absolute Gasteiger partial charge is 0.338 e. The summed E-state index contributed by atoms with van der Waals surface area (Å²) < 4.78 is 15.6. The number of carbonyl (C=O) groups excluding carboxylic acids is 1. The average Bonchev–Trinajstić information content (AvgIpc) is 2.89. The lowest BCUT2D eigenvalue weighted by Crippen LogP contribution is -2.18. The zero-order valence-corrected chi connectivity index (χ0v) is 10.3. The second-order valence-corrected chi connectivity index (χ2v) is 4.19. The molecule has 0 radical (unpaired) electrons. The molecule has 0 aromatic heterocycles. The highest BCUT2D eigenvalue weighted by Gasteiger charge is 2.18. The van der Waals surface area contributed by atoms with Crippen molar-refractivity contribution in [3.05, 3.63) is 23.8 Å². The first-order valence-electron chi connectivity index (χ1n) is 5.93. The molecule has 5 heteroatoms. The van der Waals surface area contributed by atoms with E-state index in [0.29, 0.717) is 23.6 Å². The van der Waals surface area contributed by atoms with Crippen LogP contribution in [0.1, 0.15) is 23.2 Å². The third-order valence-corrected chi connectivity index (χ3v) is 2.89. The van der Waals surface area contributed by atoms with Crippen molar-refractivity contribution in [2.75, 3.05) is 26.1 Å². The molecular formula is C13H17NO4. The Balaban J connectivity index is 1.93. The van der Waals surface area contributed by atoms with Gasteiger partial charge in [-0.2, -0.15) is 0 Å². The SMILES string of the molecule is COc1ccc(C(=O)OCC2CCCO2)cc1N. The van der Waals surface area contributed by atoms with Crippen molar-refractivity contribution in [2.45, 2.75) is 18.9 Å². The monoisotopic (exact) mass is 251 g/mol. The summed E-state index contributed by atoms with van der Waals surface area (Å²) in [6.07, 6.45) is 2.00. The molecular weight excluding hydrogens is 234 g/mol. The lowest BCUT2D eigenvalue weighted by molar-refractivity contribution is 0.0161. The largest absolute Gasteiger partial charge is 0.495 e. The molecule has 0 spiro atoms. The third kappa shape index (κ3) is 2.92. The van der Waals surface area contributed by atoms with Crippen LogP contribution in [0.2, 0.25) is 0 Å². The molecule has 1 atom stereocenters. The fourth-order valence-electron chi connectivity index (χ4n) is 1.89. The first-order chi connectivity index (χ1) is 8.70. The lowest BCUT2D eigenvalue weighted by atomic mass is 10.2. The first-order valence-corrected chi connectivity index (χ1v) is 5.93. The maximum absolute atomic E-state index is 11.8. The predicted octanol–water partition coefficient (Wildman–Crippen LogP) is 1.61. The third-order valence-electron chi connectivity index (χ3n) is 2.89. The van der Waals surface area contributed by atoms with E-state index in [1.54, 1.807) is 18.2 Å². The summed E-state index contributed by atoms with van der Waals surface area (Å²) in [5.74, 6) is 0.158. The Morgan fingerprint density at radius 3 is 3.00 bits per heavy atom. The number of nitrogens with two attached hydrogens (primary N) is 1. The van der Waals surface area contributed by atoms with Gasteiger partial charge in [0.1, 0.15) is 12.4 Å². The molecule has 2 rings (SSSR count). The summed E-state index contributed by atoms with van der Waals surface area (Å²) >= 11 is 0. The number of hydrogen-bond acceptors (Lipinski definition) is 5. The highest BCUT2D eigenvalue weighted by Crippen LogP contribution is 2.22. The first kappa shape index (κ1) is 12.7. The molecule has 1 saturated heterocycles. The maximum atomic E-state index is 11.8. The van der Waals surface area contributed by atoms with Gasteiger partial charge in [-0.05, 0) is 31.0 Å². The van der Waals surface area contributed by atoms with Gasteiger partial charge in [0.25, 0.3) is 0 Å². The van der Waals surface area contributed by atoms with E-state index < -0.39 is 0 Å². The van der Waals surface area contributed by atoms with Gasteiger partial charge in [-0.1, -0.05) is 0 Å². The number of nitrogen functional groups attached to an aromatic ring is 1. The van der Waals surface area contributed by atoms with E-state index in [0.717, 1.165) is 19.4 Å². The zero-order valence-electron chi connectivity index (χ0n) is 10.3. The van der Waals surface area contributed by atoms with E-state index in [9.17, 15) is 4.79 Å². The van der Waals surface area contributed by atoms with Crippen LogP contribution < -0.4 is 10.5 Å². The molecule has 1 fully saturated rings. The summed E-state index contributed by atoms with van der Waals surface area (Å²) in [5, 5.41) is 0. The summed E-state index contributed by atoms with van der Waals surface area (Å²) in [7, 11) is 1.53. The number of carbonyl (C=O) groups is 1. The fraction of sp³-hybridized carbons (Fsp3) is 0.462. The number of esters is 1. The summed E-state index contributed by atoms with van der Waals surface area (Å²) in [6, 6.07) is 4.84. The van der Waals surface area contributed by atoms with Gasteiger partial charge >= 0.3 is 5.97 Å². The van der Waals surface area contributed by atoms with Gasteiger partial charge in [0.15, 0.2) is 0 Å². The molecule has 1 aromatic carbocycles. The van der Waals surface area contributed by atoms with Gasteiger partial charge in [-0.15, -0.1) is 0 Å². The highest BCUT2D eigenvalue weighted by molar-refractivity contribution is 5.91. The number of methoxy groups -OCH3 is 1. The quantitative estimate of drug-likeness (QED) is 0.650. The van der Waals surface area contributed by atoms with E-state index in [1.807, 2.05) is 0 Å². The molecule has 98 valence electrons. The molecule has 1 aliphatic heterocycles. The van der Waals surface area contributed by atoms with Crippen LogP contribution in [0.4, 0.5) is 5.69 Å². The van der Waals surface area contributed by atoms with Gasteiger partial charge in [0.2, 0.25) is 0 Å². The Labute approximate surface area is 106 Å². The molecule has 0 bridgehead atoms. The van der Waals surface area contributed by atoms with Crippen LogP contribution in [0.25, 0.3) is 0 Å². The maximum Gasteiger partial charge on any atom is 0.338 e. The number of hydrogen-bond donors (Lipinski definition) is 1. The van der Waals surface area contributed by atoms with Crippen molar-refractivity contribution >= 4 is 11.7 Å². The molecule has 0 aliphatic carbocycles. The second kappa shape index (κ2) is 5.73. The van der Waals surface area contributed by atoms with Crippen LogP contribution >= 0.6 is 0 Å². The molecule has 1 unspecified atom stereocenters. The number of rotatable bonds is 4. The summed E-state index contributed by atoms with van der Waals surface area (Å²) in [4.78, 5) is 11.8. The minimum Gasteiger partial charge on any atom is -0.495 e. The summed E-state index contributed by atoms with van der Waals surface area (Å²) in [5.41, 5.74) is 6.57. The fourth-order valence-corrected chi connectivity index (χ4v) is 1.89. The molecule has 2 N–H and O–H groups in total. The topological polar surface area (TPSA) is 70.8 Å². The van der Waals surface area contributed by atoms with E-state index in [4.69, 9.17) is 19.9 Å². The molecule has 0 saturated carbocycles. The van der Waals surface area contributed by atoms with Crippen LogP contribution in [-0.4, -0.2) is 32.4 Å². The van der Waals surface area contributed by atoms with E-state index in [1.165, 1.54) is 7.11 Å². The second-order valence-electron chi connectivity index (χ2n) is 4.19. The lowest BCUT2D eigenvalue weighted by Gasteiger charge is -2.11. The molecule has 1 heterocycles. The molecule has 1 aliphatic rings. The Kier molecular flexibility index (Phi) is 4.04. The van der Waals surface area contributed by atoms with Crippen LogP contribution in [0, 0.1) is 0 Å². The van der Waals surface area contributed by atoms with Crippen LogP contribution in [0.3, 0.4) is 0 Å². The minimum absolute atomic E-state index is 0.0320. The van der Waals surface area contributed by atoms with E-state index in [-0.39, 0.29) is 12.1 Å². The van der Waals surface area contributed by atoms with Crippen molar-refractivity contribution in [3.63, 3.8) is 0 Å². The van der Waals surface area contributed by atoms with Gasteiger partial charge in [-0.25, -0.2) is 4.79 Å². The Bertz CT molecular complexity index is 427. The zero-order chi connectivity index (χ0) is 13.0. The average molecular weight is 251 g/mol. The van der Waals surface area contributed by atoms with Crippen LogP contribution in [0.5, 0.6) is 5.75 Å². The number of ether oxygens (including phenoxy) is 3. The van der Waals surface area contributed by atoms with Gasteiger partial charge in [0.05, 0.1) is 24.5 Å². The molecule has 5 nitrogen and oxygen atoms in total. The van der Waals surface area contributed by atoms with Crippen molar-refractivity contribution in [3.8, 4) is 5.75 Å². The van der Waals surface area contributed by atoms with Crippen molar-refractivity contribution in [1.29, 1.82) is 0 Å². The Morgan fingerprint density at radius 1 is 1.56 bits per heavy atom. The number of anilines is 1. The van der Waals surface area contributed by atoms with Crippen molar-refractivity contribution in [1.82, 2.24) is 0 Å². The molecule has 0 amide bonds. The van der Waals surface area contributed by atoms with Crippen LogP contribution in [-0.2, 0) is 9.47 Å². The van der Waals surface area contributed by atoms with Crippen molar-refractivity contribution < 1.29 is 19.0 Å². The minimum atomic E-state index is -0.389. The van der Waals surface area contributed by atoms with E-state index in [2.05, 4.69) is 0 Å². The van der Waals surface area contributed by atoms with E-state index >= 15 is 0 Å². The van der Waals surface area contributed by atoms with Gasteiger partial charge in [0, 0.05) is 6.61 Å². The summed E-state index contributed by atoms with van der Waals surface area (Å²) in [6.45, 7) is 1.04. The normalized spacial score (nSPS) is 18.6. The highest BCUT2D eigenvalue weighted by atomic mass is 16.6.